The monoisotopic (exact) mass is 730 g/mol. The van der Waals surface area contributed by atoms with Crippen LogP contribution >= 0.6 is 0 Å². The van der Waals surface area contributed by atoms with Crippen molar-refractivity contribution in [3.8, 4) is 0 Å². The summed E-state index contributed by atoms with van der Waals surface area (Å²) in [7, 11) is 5.28. The summed E-state index contributed by atoms with van der Waals surface area (Å²) >= 11 is 0. The summed E-state index contributed by atoms with van der Waals surface area (Å²) in [5.74, 6) is -2.40. The second-order valence-corrected chi connectivity index (χ2v) is 16.6. The second-order valence-electron chi connectivity index (χ2n) is 16.6. The molecule has 51 heavy (non-hydrogen) atoms. The number of aliphatic hydroxyl groups is 4. The molecule has 4 aliphatic heterocycles. The smallest absolute Gasteiger partial charge is 0.311 e. The van der Waals surface area contributed by atoms with E-state index in [9.17, 15) is 25.2 Å². The van der Waals surface area contributed by atoms with Crippen LogP contribution in [0.3, 0.4) is 0 Å². The van der Waals surface area contributed by atoms with Gasteiger partial charge in [-0.15, -0.1) is 0 Å². The molecule has 3 fully saturated rings. The molecule has 0 spiro atoms. The Kier molecular flexibility index (Phi) is 13.4. The van der Waals surface area contributed by atoms with Gasteiger partial charge in [-0.1, -0.05) is 20.8 Å². The molecule has 14 heteroatoms. The van der Waals surface area contributed by atoms with Crippen LogP contribution in [-0.4, -0.2) is 149 Å². The zero-order valence-electron chi connectivity index (χ0n) is 32.9. The van der Waals surface area contributed by atoms with Crippen molar-refractivity contribution in [3.63, 3.8) is 0 Å². The van der Waals surface area contributed by atoms with Gasteiger partial charge in [0.15, 0.2) is 24.6 Å². The van der Waals surface area contributed by atoms with Crippen LogP contribution in [0, 0.1) is 17.8 Å². The first-order valence-corrected chi connectivity index (χ1v) is 18.7. The lowest BCUT2D eigenvalue weighted by Crippen LogP contribution is -2.61. The third kappa shape index (κ3) is 8.76. The van der Waals surface area contributed by atoms with Crippen LogP contribution in [0.25, 0.3) is 0 Å². The molecule has 0 radical (unpaired) electrons. The maximum absolute atomic E-state index is 14.2. The van der Waals surface area contributed by atoms with Gasteiger partial charge < -0.3 is 58.5 Å². The van der Waals surface area contributed by atoms with E-state index in [-0.39, 0.29) is 25.0 Å². The van der Waals surface area contributed by atoms with E-state index in [1.165, 1.54) is 7.11 Å². The number of hydrogen-bond donors (Lipinski definition) is 4. The lowest BCUT2D eigenvalue weighted by atomic mass is 9.77. The molecule has 4 aliphatic rings. The highest BCUT2D eigenvalue weighted by molar-refractivity contribution is 5.80. The Morgan fingerprint density at radius 3 is 2.20 bits per heavy atom. The molecule has 4 rings (SSSR count). The van der Waals surface area contributed by atoms with Crippen LogP contribution in [0.5, 0.6) is 0 Å². The van der Waals surface area contributed by atoms with E-state index in [0.717, 1.165) is 0 Å². The summed E-state index contributed by atoms with van der Waals surface area (Å²) in [6.07, 6.45) is -7.58. The molecule has 18 atom stereocenters. The number of ether oxygens (including phenoxy) is 7. The van der Waals surface area contributed by atoms with Crippen molar-refractivity contribution < 1.29 is 58.4 Å². The number of fused-ring (bicyclic) bond motifs is 2. The van der Waals surface area contributed by atoms with Gasteiger partial charge in [0.1, 0.15) is 23.9 Å². The molecule has 0 aromatic heterocycles. The van der Waals surface area contributed by atoms with Crippen molar-refractivity contribution in [2.45, 2.75) is 185 Å². The van der Waals surface area contributed by atoms with Crippen molar-refractivity contribution in [2.75, 3.05) is 21.2 Å². The van der Waals surface area contributed by atoms with Gasteiger partial charge in [-0.05, 0) is 81.8 Å². The lowest BCUT2D eigenvalue weighted by molar-refractivity contribution is -0.318. The van der Waals surface area contributed by atoms with Crippen molar-refractivity contribution in [3.05, 3.63) is 0 Å². The Labute approximate surface area is 304 Å². The fourth-order valence-corrected chi connectivity index (χ4v) is 8.66. The maximum atomic E-state index is 14.2. The van der Waals surface area contributed by atoms with Crippen LogP contribution in [0.1, 0.15) is 94.9 Å². The maximum Gasteiger partial charge on any atom is 0.311 e. The Hall–Kier alpha value is -1.46. The molecule has 0 aliphatic carbocycles. The van der Waals surface area contributed by atoms with E-state index in [0.29, 0.717) is 18.7 Å². The Morgan fingerprint density at radius 2 is 1.61 bits per heavy atom. The standard InChI is InChI=1S/C37H66N2O12/c1-14-25-37(10,44)31-22(6)38-32(50-31)18(2)16-35(8,43)30(51-34-27(40)24(39(11)12)15-19(3)46-34)20(4)28(21(5)33(42)48-25)49-26-17-36(9,45-13)29(41)23(7)47-26/h18-31,34,40-41,43-44H,14-17H2,1-13H3/t18-,19+,20-,21+,22+,23-,24-,25+,26-,27+,28-,29-,30+,31+,34-,35?,36+,37+/m0/s1. The molecule has 0 amide bonds. The number of likely N-dealkylation sites (N-methyl/N-ethyl adjacent to an activating group) is 1. The van der Waals surface area contributed by atoms with Gasteiger partial charge in [-0.2, -0.15) is 0 Å². The van der Waals surface area contributed by atoms with Gasteiger partial charge in [-0.25, -0.2) is 4.99 Å². The summed E-state index contributed by atoms with van der Waals surface area (Å²) in [4.78, 5) is 20.9. The van der Waals surface area contributed by atoms with Crippen molar-refractivity contribution >= 4 is 11.9 Å². The van der Waals surface area contributed by atoms with E-state index in [2.05, 4.69) is 0 Å². The van der Waals surface area contributed by atoms with E-state index >= 15 is 0 Å². The highest BCUT2D eigenvalue weighted by Crippen LogP contribution is 2.41. The van der Waals surface area contributed by atoms with Crippen molar-refractivity contribution in [2.24, 2.45) is 22.7 Å². The minimum Gasteiger partial charge on any atom is -0.472 e. The number of aliphatic imine (C=N–C) groups is 1. The zero-order valence-corrected chi connectivity index (χ0v) is 32.9. The van der Waals surface area contributed by atoms with E-state index < -0.39 is 102 Å². The number of hydrogen-bond acceptors (Lipinski definition) is 14. The largest absolute Gasteiger partial charge is 0.472 e. The van der Waals surface area contributed by atoms with Gasteiger partial charge in [-0.3, -0.25) is 4.79 Å². The zero-order chi connectivity index (χ0) is 38.4. The predicted octanol–water partition coefficient (Wildman–Crippen LogP) is 2.41. The molecule has 3 saturated heterocycles. The highest BCUT2D eigenvalue weighted by Gasteiger charge is 2.54. The fourth-order valence-electron chi connectivity index (χ4n) is 8.66. The van der Waals surface area contributed by atoms with Gasteiger partial charge >= 0.3 is 5.97 Å². The van der Waals surface area contributed by atoms with E-state index in [4.69, 9.17) is 38.2 Å². The molecule has 4 heterocycles. The molecule has 0 aromatic rings. The number of cyclic esters (lactones) is 1. The van der Waals surface area contributed by atoms with Crippen LogP contribution in [0.4, 0.5) is 0 Å². The van der Waals surface area contributed by atoms with Gasteiger partial charge in [0.25, 0.3) is 0 Å². The number of nitrogens with zero attached hydrogens (tertiary/aromatic N) is 2. The predicted molar refractivity (Wildman–Crippen MR) is 188 cm³/mol. The average Bonchev–Trinajstić information content (AvgIpc) is 3.46. The van der Waals surface area contributed by atoms with Gasteiger partial charge in [0.05, 0.1) is 47.6 Å². The fraction of sp³-hybridized carbons (Fsp3) is 0.946. The number of rotatable bonds is 7. The van der Waals surface area contributed by atoms with Crippen LogP contribution in [0.15, 0.2) is 4.99 Å². The number of carbonyl (C=O) groups is 1. The molecular formula is C37H66N2O12. The molecule has 14 nitrogen and oxygen atoms in total. The summed E-state index contributed by atoms with van der Waals surface area (Å²) in [6.45, 7) is 17.7. The number of carbonyl (C=O) groups excluding carboxylic acids is 1. The molecule has 4 N–H and O–H groups in total. The van der Waals surface area contributed by atoms with Crippen molar-refractivity contribution in [1.82, 2.24) is 4.90 Å². The number of methoxy groups -OCH3 is 1. The first kappa shape index (κ1) is 42.3. The van der Waals surface area contributed by atoms with Crippen molar-refractivity contribution in [1.29, 1.82) is 0 Å². The number of esters is 1. The molecule has 2 bridgehead atoms. The second kappa shape index (κ2) is 16.1. The lowest BCUT2D eigenvalue weighted by Gasteiger charge is -2.49. The van der Waals surface area contributed by atoms with E-state index in [1.807, 2.05) is 53.6 Å². The molecule has 0 saturated carbocycles. The normalized spacial score (nSPS) is 50.3. The quantitative estimate of drug-likeness (QED) is 0.281. The Balaban J connectivity index is 1.82. The highest BCUT2D eigenvalue weighted by atomic mass is 16.7. The topological polar surface area (TPSA) is 178 Å². The average molecular weight is 731 g/mol. The summed E-state index contributed by atoms with van der Waals surface area (Å²) < 4.78 is 43.9. The summed E-state index contributed by atoms with van der Waals surface area (Å²) in [5, 5.41) is 46.8. The number of aliphatic hydroxyl groups excluding tert-OH is 2. The van der Waals surface area contributed by atoms with Gasteiger partial charge in [0.2, 0.25) is 0 Å². The van der Waals surface area contributed by atoms with Crippen LogP contribution < -0.4 is 0 Å². The summed E-state index contributed by atoms with van der Waals surface area (Å²) in [5.41, 5.74) is -4.22. The third-order valence-electron chi connectivity index (χ3n) is 11.8. The molecule has 296 valence electrons. The minimum absolute atomic E-state index is 0.117. The van der Waals surface area contributed by atoms with Crippen LogP contribution in [0.2, 0.25) is 0 Å². The Bertz CT molecular complexity index is 1220. The summed E-state index contributed by atoms with van der Waals surface area (Å²) in [6, 6.07) is -0.725. The SMILES string of the molecule is CC[C@H]1OC(=O)[C@H](C)[C@@H](O[C@H]2C[C@@](C)(OC)[C@@H](O)[C@H](C)O2)[C@H](C)[C@@H](O[C@@H]2O[C@H](C)C[C@H](N(C)C)[C@H]2O)C(C)(O)C[C@H](C)C2=N[C@H](C)[C@@H](O2)[C@]1(C)O. The van der Waals surface area contributed by atoms with Gasteiger partial charge in [0, 0.05) is 31.4 Å². The molecule has 1 unspecified atom stereocenters. The minimum atomic E-state index is -1.62. The first-order chi connectivity index (χ1) is 23.6. The van der Waals surface area contributed by atoms with E-state index in [1.54, 1.807) is 34.6 Å². The van der Waals surface area contributed by atoms with Crippen LogP contribution in [-0.2, 0) is 38.0 Å². The first-order valence-electron chi connectivity index (χ1n) is 18.7. The molecular weight excluding hydrogens is 664 g/mol. The molecule has 0 aromatic carbocycles. The Morgan fingerprint density at radius 1 is 0.961 bits per heavy atom. The third-order valence-corrected chi connectivity index (χ3v) is 11.8.